The van der Waals surface area contributed by atoms with E-state index in [1.807, 2.05) is 0 Å². The number of oxazole rings is 1. The van der Waals surface area contributed by atoms with Crippen LogP contribution in [0, 0.1) is 0 Å². The van der Waals surface area contributed by atoms with E-state index in [0.29, 0.717) is 6.07 Å². The fraction of sp³-hybridized carbons (Fsp3) is 0. The summed E-state index contributed by atoms with van der Waals surface area (Å²) in [4.78, 5) is 1.55. The first-order valence-electron chi connectivity index (χ1n) is 3.64. The summed E-state index contributed by atoms with van der Waals surface area (Å²) in [5.41, 5.74) is -0.221. The molecule has 0 radical (unpaired) electrons. The van der Waals surface area contributed by atoms with Crippen LogP contribution in [-0.4, -0.2) is 4.98 Å². The molecule has 0 saturated heterocycles. The molecule has 0 atom stereocenters. The largest absolute Gasteiger partial charge is 0.443 e. The number of halogens is 5. The molecule has 0 saturated carbocycles. The van der Waals surface area contributed by atoms with Crippen molar-refractivity contribution in [2.75, 3.05) is 0 Å². The first-order valence-corrected chi connectivity index (χ1v) is 5.59. The van der Waals surface area contributed by atoms with Crippen molar-refractivity contribution in [1.29, 1.82) is 0 Å². The summed E-state index contributed by atoms with van der Waals surface area (Å²) in [7, 11) is -9.61. The molecule has 2 aromatic rings. The van der Waals surface area contributed by atoms with E-state index in [0.717, 1.165) is 12.5 Å². The van der Waals surface area contributed by atoms with E-state index in [2.05, 4.69) is 9.40 Å². The Labute approximate surface area is 80.4 Å². The van der Waals surface area contributed by atoms with Crippen LogP contribution in [0.4, 0.5) is 19.4 Å². The van der Waals surface area contributed by atoms with E-state index in [9.17, 15) is 19.4 Å². The lowest BCUT2D eigenvalue weighted by molar-refractivity contribution is 0.364. The third-order valence-electron chi connectivity index (χ3n) is 1.75. The summed E-state index contributed by atoms with van der Waals surface area (Å²) in [6.07, 6.45) is 0.889. The summed E-state index contributed by atoms with van der Waals surface area (Å²) < 4.78 is 66.1. The predicted octanol–water partition coefficient (Wildman–Crippen LogP) is 4.49. The van der Waals surface area contributed by atoms with Gasteiger partial charge >= 0.3 is 10.2 Å². The van der Waals surface area contributed by atoms with Gasteiger partial charge in [-0.15, -0.1) is 0 Å². The van der Waals surface area contributed by atoms with Crippen molar-refractivity contribution in [3.63, 3.8) is 0 Å². The van der Waals surface area contributed by atoms with Crippen molar-refractivity contribution in [2.24, 2.45) is 0 Å². The monoisotopic (exact) mass is 245 g/mol. The minimum atomic E-state index is -9.61. The first-order chi connectivity index (χ1) is 6.56. The van der Waals surface area contributed by atoms with E-state index in [4.69, 9.17) is 0 Å². The van der Waals surface area contributed by atoms with Crippen LogP contribution in [0.15, 0.2) is 33.9 Å². The van der Waals surface area contributed by atoms with Gasteiger partial charge in [-0.3, -0.25) is 0 Å². The quantitative estimate of drug-likeness (QED) is 0.692. The Balaban J connectivity index is 2.74. The van der Waals surface area contributed by atoms with Crippen LogP contribution in [0.25, 0.3) is 11.1 Å². The van der Waals surface area contributed by atoms with Crippen LogP contribution in [0.3, 0.4) is 0 Å². The highest BCUT2D eigenvalue weighted by Gasteiger charge is 2.65. The summed E-state index contributed by atoms with van der Waals surface area (Å²) in [6, 6.07) is 1.39. The molecule has 0 aliphatic heterocycles. The van der Waals surface area contributed by atoms with Crippen LogP contribution in [0.5, 0.6) is 0 Å². The molecule has 84 valence electrons. The molecule has 0 unspecified atom stereocenters. The third-order valence-corrected chi connectivity index (χ3v) is 2.89. The Hall–Kier alpha value is -1.31. The van der Waals surface area contributed by atoms with E-state index in [1.54, 1.807) is 0 Å². The molecule has 1 aromatic carbocycles. The van der Waals surface area contributed by atoms with Gasteiger partial charge in [-0.1, -0.05) is 19.4 Å². The molecule has 1 heterocycles. The fourth-order valence-electron chi connectivity index (χ4n) is 1.08. The molecule has 0 aliphatic carbocycles. The molecule has 0 amide bonds. The number of benzene rings is 1. The highest BCUT2D eigenvalue weighted by atomic mass is 32.5. The molecule has 15 heavy (non-hydrogen) atoms. The second-order valence-corrected chi connectivity index (χ2v) is 5.36. The van der Waals surface area contributed by atoms with Gasteiger partial charge in [-0.2, -0.15) is 0 Å². The fourth-order valence-corrected chi connectivity index (χ4v) is 1.73. The zero-order chi connectivity index (χ0) is 11.4. The maximum absolute atomic E-state index is 12.3. The number of nitrogens with zero attached hydrogens (tertiary/aromatic N) is 1. The molecule has 0 N–H and O–H groups in total. The summed E-state index contributed by atoms with van der Waals surface area (Å²) in [5, 5.41) is 0. The first kappa shape index (κ1) is 10.2. The molecule has 0 aliphatic rings. The van der Waals surface area contributed by atoms with Gasteiger partial charge in [0.1, 0.15) is 10.4 Å². The molecular formula is C7H4F5NOS. The standard InChI is InChI=1S/C7H4F5NOS/c8-15(9,10,11,12)5-1-2-6-7(3-5)14-4-13-6/h1-4H. The zero-order valence-corrected chi connectivity index (χ0v) is 7.78. The third kappa shape index (κ3) is 1.89. The van der Waals surface area contributed by atoms with Gasteiger partial charge < -0.3 is 4.42 Å². The van der Waals surface area contributed by atoms with Crippen molar-refractivity contribution in [3.05, 3.63) is 24.6 Å². The number of hydrogen-bond donors (Lipinski definition) is 0. The lowest BCUT2D eigenvalue weighted by atomic mass is 10.3. The summed E-state index contributed by atoms with van der Waals surface area (Å²) in [6.45, 7) is 0. The molecule has 0 fully saturated rings. The molecular weight excluding hydrogens is 241 g/mol. The second kappa shape index (κ2) is 2.11. The van der Waals surface area contributed by atoms with Crippen molar-refractivity contribution in [2.45, 2.75) is 4.90 Å². The van der Waals surface area contributed by atoms with Crippen LogP contribution >= 0.6 is 10.2 Å². The summed E-state index contributed by atoms with van der Waals surface area (Å²) >= 11 is 0. The lowest BCUT2D eigenvalue weighted by Crippen LogP contribution is -2.05. The van der Waals surface area contributed by atoms with E-state index >= 15 is 0 Å². The Kier molecular flexibility index (Phi) is 1.43. The van der Waals surface area contributed by atoms with Crippen LogP contribution < -0.4 is 0 Å². The average Bonchev–Trinajstić information content (AvgIpc) is 2.45. The maximum Gasteiger partial charge on any atom is 0.310 e. The number of fused-ring (bicyclic) bond motifs is 1. The van der Waals surface area contributed by atoms with Crippen molar-refractivity contribution in [1.82, 2.24) is 4.98 Å². The van der Waals surface area contributed by atoms with E-state index < -0.39 is 15.1 Å². The molecule has 2 nitrogen and oxygen atoms in total. The second-order valence-electron chi connectivity index (χ2n) is 2.95. The molecule has 0 spiro atoms. The Morgan fingerprint density at radius 1 is 1.07 bits per heavy atom. The number of hydrogen-bond acceptors (Lipinski definition) is 2. The Morgan fingerprint density at radius 3 is 2.33 bits per heavy atom. The number of aromatic nitrogens is 1. The highest BCUT2D eigenvalue weighted by molar-refractivity contribution is 8.45. The topological polar surface area (TPSA) is 26.0 Å². The smallest absolute Gasteiger partial charge is 0.310 e. The van der Waals surface area contributed by atoms with Gasteiger partial charge in [0.05, 0.1) is 0 Å². The van der Waals surface area contributed by atoms with Crippen LogP contribution in [0.2, 0.25) is 0 Å². The average molecular weight is 245 g/mol. The molecule has 1 aromatic heterocycles. The molecule has 8 heteroatoms. The Morgan fingerprint density at radius 2 is 1.73 bits per heavy atom. The lowest BCUT2D eigenvalue weighted by Gasteiger charge is -2.40. The number of rotatable bonds is 1. The Bertz CT molecular complexity index is 530. The van der Waals surface area contributed by atoms with E-state index in [-0.39, 0.29) is 17.2 Å². The minimum absolute atomic E-state index is 0.0978. The van der Waals surface area contributed by atoms with Gasteiger partial charge in [0.15, 0.2) is 12.0 Å². The van der Waals surface area contributed by atoms with Crippen molar-refractivity contribution in [3.8, 4) is 0 Å². The van der Waals surface area contributed by atoms with Crippen molar-refractivity contribution < 1.29 is 23.8 Å². The van der Waals surface area contributed by atoms with Gasteiger partial charge in [0, 0.05) is 6.07 Å². The van der Waals surface area contributed by atoms with Crippen molar-refractivity contribution >= 4 is 21.3 Å². The molecule has 2 rings (SSSR count). The SMILES string of the molecule is FS(F)(F)(F)(F)c1ccc2ncoc2c1. The highest BCUT2D eigenvalue weighted by Crippen LogP contribution is 3.02. The van der Waals surface area contributed by atoms with E-state index in [1.165, 1.54) is 0 Å². The van der Waals surface area contributed by atoms with Gasteiger partial charge in [-0.25, -0.2) is 4.98 Å². The van der Waals surface area contributed by atoms with Crippen LogP contribution in [0.1, 0.15) is 0 Å². The van der Waals surface area contributed by atoms with Gasteiger partial charge in [-0.05, 0) is 12.1 Å². The summed E-state index contributed by atoms with van der Waals surface area (Å²) in [5.74, 6) is 0. The van der Waals surface area contributed by atoms with Gasteiger partial charge in [0.25, 0.3) is 0 Å². The zero-order valence-electron chi connectivity index (χ0n) is 6.96. The van der Waals surface area contributed by atoms with Crippen LogP contribution in [-0.2, 0) is 0 Å². The minimum Gasteiger partial charge on any atom is -0.443 e. The predicted molar refractivity (Wildman–Crippen MR) is 45.4 cm³/mol. The normalized spacial score (nSPS) is 17.4. The maximum atomic E-state index is 12.3. The molecule has 0 bridgehead atoms. The van der Waals surface area contributed by atoms with Gasteiger partial charge in [0.2, 0.25) is 0 Å².